The van der Waals surface area contributed by atoms with Gasteiger partial charge in [0.05, 0.1) is 33.0 Å². The van der Waals surface area contributed by atoms with Gasteiger partial charge >= 0.3 is 5.97 Å². The first-order valence-electron chi connectivity index (χ1n) is 8.06. The maximum atomic E-state index is 11.6. The molecule has 0 N–H and O–H groups in total. The predicted molar refractivity (Wildman–Crippen MR) is 93.8 cm³/mol. The zero-order valence-corrected chi connectivity index (χ0v) is 14.7. The Hall–Kier alpha value is -2.76. The second-order valence-electron chi connectivity index (χ2n) is 5.28. The van der Waals surface area contributed by atoms with Crippen molar-refractivity contribution in [2.45, 2.75) is 19.8 Å². The maximum absolute atomic E-state index is 11.6. The van der Waals surface area contributed by atoms with Crippen LogP contribution in [0.2, 0.25) is 0 Å². The highest BCUT2D eigenvalue weighted by molar-refractivity contribution is 6.02. The van der Waals surface area contributed by atoms with Gasteiger partial charge in [-0.2, -0.15) is 0 Å². The Morgan fingerprint density at radius 3 is 2.44 bits per heavy atom. The minimum Gasteiger partial charge on any atom is -0.493 e. The molecule has 0 saturated carbocycles. The highest BCUT2D eigenvalue weighted by Gasteiger charge is 2.13. The number of fused-ring (bicyclic) bond motifs is 1. The van der Waals surface area contributed by atoms with Crippen LogP contribution >= 0.6 is 0 Å². The van der Waals surface area contributed by atoms with Crippen molar-refractivity contribution in [1.29, 1.82) is 0 Å². The average molecular weight is 346 g/mol. The predicted octanol–water partition coefficient (Wildman–Crippen LogP) is 3.39. The first-order valence-corrected chi connectivity index (χ1v) is 8.06. The molecule has 0 atom stereocenters. The molecule has 0 spiro atoms. The quantitative estimate of drug-likeness (QED) is 0.394. The summed E-state index contributed by atoms with van der Waals surface area (Å²) in [6.45, 7) is 2.45. The van der Waals surface area contributed by atoms with E-state index < -0.39 is 0 Å². The summed E-state index contributed by atoms with van der Waals surface area (Å²) in [5.41, 5.74) is 0.439. The number of methoxy groups -OCH3 is 2. The van der Waals surface area contributed by atoms with Gasteiger partial charge in [-0.25, -0.2) is 0 Å². The van der Waals surface area contributed by atoms with Gasteiger partial charge in [0.25, 0.3) is 0 Å². The summed E-state index contributed by atoms with van der Waals surface area (Å²) in [6, 6.07) is 7.16. The van der Waals surface area contributed by atoms with Crippen LogP contribution in [0.15, 0.2) is 24.3 Å². The van der Waals surface area contributed by atoms with Crippen LogP contribution in [0.5, 0.6) is 17.2 Å². The van der Waals surface area contributed by atoms with Crippen molar-refractivity contribution in [3.63, 3.8) is 0 Å². The Kier molecular flexibility index (Phi) is 6.62. The Morgan fingerprint density at radius 2 is 1.80 bits per heavy atom. The van der Waals surface area contributed by atoms with Crippen molar-refractivity contribution in [2.24, 2.45) is 0 Å². The van der Waals surface area contributed by atoms with Crippen LogP contribution in [-0.2, 0) is 9.53 Å². The lowest BCUT2D eigenvalue weighted by molar-refractivity contribution is -0.143. The number of rotatable bonds is 9. The van der Waals surface area contributed by atoms with E-state index in [1.807, 2.05) is 12.1 Å². The Morgan fingerprint density at radius 1 is 1.08 bits per heavy atom. The van der Waals surface area contributed by atoms with E-state index in [2.05, 4.69) is 0 Å². The van der Waals surface area contributed by atoms with Crippen molar-refractivity contribution in [3.8, 4) is 17.2 Å². The molecule has 134 valence electrons. The number of aldehydes is 1. The molecule has 0 saturated heterocycles. The number of carbonyl (C=O) groups excluding carboxylic acids is 2. The highest BCUT2D eigenvalue weighted by atomic mass is 16.5. The van der Waals surface area contributed by atoms with Crippen LogP contribution in [0.4, 0.5) is 0 Å². The van der Waals surface area contributed by atoms with Crippen LogP contribution in [0.1, 0.15) is 30.1 Å². The van der Waals surface area contributed by atoms with Gasteiger partial charge in [-0.3, -0.25) is 9.59 Å². The molecule has 0 amide bonds. The first kappa shape index (κ1) is 18.6. The smallest absolute Gasteiger partial charge is 0.305 e. The van der Waals surface area contributed by atoms with Crippen molar-refractivity contribution in [1.82, 2.24) is 0 Å². The average Bonchev–Trinajstić information content (AvgIpc) is 2.63. The number of carbonyl (C=O) groups is 2. The molecule has 2 rings (SSSR count). The summed E-state index contributed by atoms with van der Waals surface area (Å²) in [7, 11) is 3.10. The monoisotopic (exact) mass is 346 g/mol. The van der Waals surface area contributed by atoms with E-state index >= 15 is 0 Å². The summed E-state index contributed by atoms with van der Waals surface area (Å²) >= 11 is 0. The van der Waals surface area contributed by atoms with Gasteiger partial charge in [0.15, 0.2) is 17.8 Å². The second-order valence-corrected chi connectivity index (χ2v) is 5.28. The third-order valence-electron chi connectivity index (χ3n) is 3.73. The molecule has 0 heterocycles. The van der Waals surface area contributed by atoms with E-state index in [0.29, 0.717) is 42.4 Å². The van der Waals surface area contributed by atoms with Gasteiger partial charge in [0.2, 0.25) is 0 Å². The molecule has 2 aromatic rings. The standard InChI is InChI=1S/C19H22O6/c1-4-24-19(21)6-5-9-25-16-8-7-13-10-17(22-2)18(23-3)11-14(13)15(16)12-20/h7-8,10-12H,4-6,9H2,1-3H3. The second kappa shape index (κ2) is 8.92. The summed E-state index contributed by atoms with van der Waals surface area (Å²) in [4.78, 5) is 22.9. The Bertz CT molecular complexity index is 753. The summed E-state index contributed by atoms with van der Waals surface area (Å²) in [5.74, 6) is 1.35. The van der Waals surface area contributed by atoms with E-state index in [-0.39, 0.29) is 12.4 Å². The molecule has 0 bridgehead atoms. The van der Waals surface area contributed by atoms with Gasteiger partial charge in [-0.05, 0) is 42.3 Å². The largest absolute Gasteiger partial charge is 0.493 e. The van der Waals surface area contributed by atoms with Gasteiger partial charge in [-0.1, -0.05) is 6.07 Å². The van der Waals surface area contributed by atoms with Gasteiger partial charge in [0, 0.05) is 6.42 Å². The normalized spacial score (nSPS) is 10.4. The van der Waals surface area contributed by atoms with E-state index in [9.17, 15) is 9.59 Å². The third kappa shape index (κ3) is 4.41. The molecular formula is C19H22O6. The van der Waals surface area contributed by atoms with Crippen molar-refractivity contribution in [2.75, 3.05) is 27.4 Å². The molecule has 6 heteroatoms. The minimum atomic E-state index is -0.253. The van der Waals surface area contributed by atoms with Crippen LogP contribution < -0.4 is 14.2 Å². The lowest BCUT2D eigenvalue weighted by Crippen LogP contribution is -2.07. The fourth-order valence-electron chi connectivity index (χ4n) is 2.53. The number of ether oxygens (including phenoxy) is 4. The molecule has 0 aliphatic rings. The van der Waals surface area contributed by atoms with Crippen LogP contribution in [0.25, 0.3) is 10.8 Å². The first-order chi connectivity index (χ1) is 12.1. The Balaban J connectivity index is 2.20. The lowest BCUT2D eigenvalue weighted by atomic mass is 10.0. The van der Waals surface area contributed by atoms with Crippen LogP contribution in [0.3, 0.4) is 0 Å². The summed E-state index contributed by atoms with van der Waals surface area (Å²) in [6.07, 6.45) is 1.55. The third-order valence-corrected chi connectivity index (χ3v) is 3.73. The molecule has 0 fully saturated rings. The van der Waals surface area contributed by atoms with Gasteiger partial charge < -0.3 is 18.9 Å². The van der Waals surface area contributed by atoms with Crippen LogP contribution in [0, 0.1) is 0 Å². The lowest BCUT2D eigenvalue weighted by Gasteiger charge is -2.13. The van der Waals surface area contributed by atoms with E-state index in [4.69, 9.17) is 18.9 Å². The molecule has 2 aromatic carbocycles. The highest BCUT2D eigenvalue weighted by Crippen LogP contribution is 2.36. The van der Waals surface area contributed by atoms with Gasteiger partial charge in [-0.15, -0.1) is 0 Å². The van der Waals surface area contributed by atoms with E-state index in [1.54, 1.807) is 33.3 Å². The summed E-state index contributed by atoms with van der Waals surface area (Å²) in [5, 5.41) is 1.56. The molecule has 25 heavy (non-hydrogen) atoms. The number of esters is 1. The van der Waals surface area contributed by atoms with Crippen molar-refractivity contribution in [3.05, 3.63) is 29.8 Å². The number of hydrogen-bond acceptors (Lipinski definition) is 6. The molecule has 0 unspecified atom stereocenters. The number of hydrogen-bond donors (Lipinski definition) is 0. The zero-order chi connectivity index (χ0) is 18.2. The molecular weight excluding hydrogens is 324 g/mol. The molecule has 6 nitrogen and oxygen atoms in total. The molecule has 0 aliphatic heterocycles. The SMILES string of the molecule is CCOC(=O)CCCOc1ccc2cc(OC)c(OC)cc2c1C=O. The van der Waals surface area contributed by atoms with Crippen molar-refractivity contribution < 1.29 is 28.5 Å². The van der Waals surface area contributed by atoms with E-state index in [0.717, 1.165) is 17.1 Å². The fourth-order valence-corrected chi connectivity index (χ4v) is 2.53. The van der Waals surface area contributed by atoms with Crippen LogP contribution in [-0.4, -0.2) is 39.7 Å². The summed E-state index contributed by atoms with van der Waals surface area (Å²) < 4.78 is 21.1. The zero-order valence-electron chi connectivity index (χ0n) is 14.7. The molecule has 0 aliphatic carbocycles. The number of benzene rings is 2. The minimum absolute atomic E-state index is 0.253. The Labute approximate surface area is 146 Å². The fraction of sp³-hybridized carbons (Fsp3) is 0.368. The topological polar surface area (TPSA) is 71.1 Å². The maximum Gasteiger partial charge on any atom is 0.305 e. The van der Waals surface area contributed by atoms with E-state index in [1.165, 1.54) is 0 Å². The molecule has 0 aromatic heterocycles. The molecule has 0 radical (unpaired) electrons. The van der Waals surface area contributed by atoms with Crippen molar-refractivity contribution >= 4 is 23.0 Å². The van der Waals surface area contributed by atoms with Gasteiger partial charge in [0.1, 0.15) is 5.75 Å².